The molecule has 0 unspecified atom stereocenters. The van der Waals surface area contributed by atoms with Crippen LogP contribution >= 0.6 is 11.6 Å². The third-order valence-corrected chi connectivity index (χ3v) is 6.77. The van der Waals surface area contributed by atoms with Crippen LogP contribution in [-0.2, 0) is 16.6 Å². The number of carbonyl (C=O) groups excluding carboxylic acids is 1. The monoisotopic (exact) mass is 465 g/mol. The van der Waals surface area contributed by atoms with E-state index in [4.69, 9.17) is 16.3 Å². The number of anilines is 2. The Hall–Kier alpha value is -3.24. The number of benzene rings is 2. The zero-order chi connectivity index (χ0) is 22.3. The summed E-state index contributed by atoms with van der Waals surface area (Å²) in [4.78, 5) is 17.6. The predicted molar refractivity (Wildman–Crippen MR) is 110 cm³/mol. The summed E-state index contributed by atoms with van der Waals surface area (Å²) in [5.41, 5.74) is -0.659. The summed E-state index contributed by atoms with van der Waals surface area (Å²) in [5.74, 6) is -1.47. The Bertz CT molecular complexity index is 1270. The molecule has 0 N–H and O–H groups in total. The Morgan fingerprint density at radius 1 is 1.06 bits per heavy atom. The van der Waals surface area contributed by atoms with Gasteiger partial charge >= 0.3 is 6.03 Å². The van der Waals surface area contributed by atoms with E-state index in [1.54, 1.807) is 0 Å². The van der Waals surface area contributed by atoms with E-state index in [0.717, 1.165) is 23.2 Å². The lowest BCUT2D eigenvalue weighted by atomic mass is 10.1. The van der Waals surface area contributed by atoms with Gasteiger partial charge in [0.15, 0.2) is 0 Å². The van der Waals surface area contributed by atoms with Crippen molar-refractivity contribution in [3.05, 3.63) is 76.9 Å². The number of carbonyl (C=O) groups is 1. The van der Waals surface area contributed by atoms with Gasteiger partial charge in [0.05, 0.1) is 25.5 Å². The van der Waals surface area contributed by atoms with Crippen LogP contribution in [0.15, 0.2) is 59.6 Å². The van der Waals surface area contributed by atoms with E-state index in [1.165, 1.54) is 43.5 Å². The molecular weight excluding hydrogens is 452 g/mol. The summed E-state index contributed by atoms with van der Waals surface area (Å²) in [6, 6.07) is 8.91. The summed E-state index contributed by atoms with van der Waals surface area (Å²) >= 11 is 6.08. The number of urea groups is 1. The van der Waals surface area contributed by atoms with Gasteiger partial charge in [-0.25, -0.2) is 27.0 Å². The van der Waals surface area contributed by atoms with Crippen LogP contribution in [0.1, 0.15) is 5.56 Å². The van der Waals surface area contributed by atoms with Crippen molar-refractivity contribution in [3.8, 4) is 5.88 Å². The topological polar surface area (TPSA) is 79.8 Å². The van der Waals surface area contributed by atoms with Crippen molar-refractivity contribution in [2.45, 2.75) is 11.4 Å². The van der Waals surface area contributed by atoms with Gasteiger partial charge in [0.1, 0.15) is 22.2 Å². The van der Waals surface area contributed by atoms with Crippen LogP contribution in [0.4, 0.5) is 25.0 Å². The number of sulfonamides is 1. The Balaban J connectivity index is 1.91. The second kappa shape index (κ2) is 7.78. The highest BCUT2D eigenvalue weighted by atomic mass is 35.5. The number of hydrogen-bond donors (Lipinski definition) is 0. The van der Waals surface area contributed by atoms with E-state index in [-0.39, 0.29) is 22.2 Å². The molecule has 4 rings (SSSR count). The largest absolute Gasteiger partial charge is 0.481 e. The molecule has 160 valence electrons. The number of ether oxygens (including phenoxy) is 1. The molecule has 2 heterocycles. The normalized spacial score (nSPS) is 15.0. The van der Waals surface area contributed by atoms with E-state index >= 15 is 0 Å². The van der Waals surface area contributed by atoms with Gasteiger partial charge in [0.2, 0.25) is 5.88 Å². The van der Waals surface area contributed by atoms with Crippen molar-refractivity contribution in [1.29, 1.82) is 0 Å². The lowest BCUT2D eigenvalue weighted by molar-refractivity contribution is 0.253. The number of rotatable bonds is 4. The molecule has 0 spiro atoms. The maximum absolute atomic E-state index is 14.7. The van der Waals surface area contributed by atoms with Gasteiger partial charge in [-0.05, 0) is 30.3 Å². The SMILES string of the molecule is COc1ccc(N2C(=O)N(Cc3c(F)cccc3Cl)c3c(F)cccc3S2(=O)=O)cn1. The fourth-order valence-corrected chi connectivity index (χ4v) is 5.03. The van der Waals surface area contributed by atoms with Crippen molar-refractivity contribution in [1.82, 2.24) is 4.98 Å². The van der Waals surface area contributed by atoms with Crippen LogP contribution < -0.4 is 13.9 Å². The molecule has 2 amide bonds. The number of para-hydroxylation sites is 1. The average Bonchev–Trinajstić information content (AvgIpc) is 2.73. The quantitative estimate of drug-likeness (QED) is 0.572. The first-order valence-corrected chi connectivity index (χ1v) is 10.7. The Kier molecular flexibility index (Phi) is 5.28. The molecule has 0 fully saturated rings. The molecule has 11 heteroatoms. The van der Waals surface area contributed by atoms with Gasteiger partial charge in [-0.2, -0.15) is 4.31 Å². The third kappa shape index (κ3) is 3.47. The molecule has 0 radical (unpaired) electrons. The molecule has 31 heavy (non-hydrogen) atoms. The number of halogens is 3. The van der Waals surface area contributed by atoms with Crippen LogP contribution in [0.3, 0.4) is 0 Å². The van der Waals surface area contributed by atoms with E-state index in [9.17, 15) is 22.0 Å². The zero-order valence-electron chi connectivity index (χ0n) is 15.9. The van der Waals surface area contributed by atoms with E-state index in [1.807, 2.05) is 0 Å². The molecule has 0 aliphatic carbocycles. The minimum atomic E-state index is -4.48. The van der Waals surface area contributed by atoms with Crippen LogP contribution in [-0.4, -0.2) is 26.5 Å². The molecule has 0 saturated heterocycles. The molecular formula is C20H14ClF2N3O4S. The highest BCUT2D eigenvalue weighted by Gasteiger charge is 2.44. The first kappa shape index (κ1) is 21.0. The van der Waals surface area contributed by atoms with Gasteiger partial charge in [-0.3, -0.25) is 4.90 Å². The van der Waals surface area contributed by atoms with Crippen molar-refractivity contribution in [3.63, 3.8) is 0 Å². The number of aromatic nitrogens is 1. The maximum Gasteiger partial charge on any atom is 0.343 e. The van der Waals surface area contributed by atoms with Crippen LogP contribution in [0.25, 0.3) is 0 Å². The molecule has 0 bridgehead atoms. The standard InChI is InChI=1S/C20H14ClF2N3O4S/c1-30-18-9-8-12(10-24-18)26-20(27)25(11-13-14(21)4-2-5-15(13)22)19-16(23)6-3-7-17(19)31(26,28)29/h2-10H,11H2,1H3. The molecule has 3 aromatic rings. The Labute approximate surface area is 181 Å². The lowest BCUT2D eigenvalue weighted by Crippen LogP contribution is -2.51. The summed E-state index contributed by atoms with van der Waals surface area (Å²) in [6.07, 6.45) is 1.13. The van der Waals surface area contributed by atoms with Crippen molar-refractivity contribution >= 4 is 39.0 Å². The van der Waals surface area contributed by atoms with E-state index in [0.29, 0.717) is 4.31 Å². The van der Waals surface area contributed by atoms with Crippen molar-refractivity contribution in [2.75, 3.05) is 16.3 Å². The van der Waals surface area contributed by atoms with Crippen LogP contribution in [0.5, 0.6) is 5.88 Å². The number of methoxy groups -OCH3 is 1. The maximum atomic E-state index is 14.7. The van der Waals surface area contributed by atoms with Crippen molar-refractivity contribution < 1.29 is 26.7 Å². The summed E-state index contributed by atoms with van der Waals surface area (Å²) < 4.78 is 61.0. The first-order chi connectivity index (χ1) is 14.8. The summed E-state index contributed by atoms with van der Waals surface area (Å²) in [7, 11) is -3.10. The third-order valence-electron chi connectivity index (χ3n) is 4.68. The van der Waals surface area contributed by atoms with Gasteiger partial charge < -0.3 is 4.74 Å². The fraction of sp³-hybridized carbons (Fsp3) is 0.100. The van der Waals surface area contributed by atoms with Gasteiger partial charge in [-0.1, -0.05) is 23.7 Å². The molecule has 2 aromatic carbocycles. The summed E-state index contributed by atoms with van der Waals surface area (Å²) in [6.45, 7) is -0.492. The van der Waals surface area contributed by atoms with Gasteiger partial charge in [-0.15, -0.1) is 0 Å². The molecule has 1 aliphatic heterocycles. The Morgan fingerprint density at radius 2 is 1.77 bits per heavy atom. The second-order valence-corrected chi connectivity index (χ2v) is 8.65. The highest BCUT2D eigenvalue weighted by Crippen LogP contribution is 2.40. The molecule has 1 aliphatic rings. The highest BCUT2D eigenvalue weighted by molar-refractivity contribution is 7.94. The summed E-state index contributed by atoms with van der Waals surface area (Å²) in [5, 5.41) is 0.0109. The van der Waals surface area contributed by atoms with Crippen molar-refractivity contribution in [2.24, 2.45) is 0 Å². The smallest absolute Gasteiger partial charge is 0.343 e. The van der Waals surface area contributed by atoms with Crippen LogP contribution in [0, 0.1) is 11.6 Å². The van der Waals surface area contributed by atoms with Gasteiger partial charge in [0.25, 0.3) is 10.0 Å². The van der Waals surface area contributed by atoms with E-state index < -0.39 is 44.8 Å². The van der Waals surface area contributed by atoms with Gasteiger partial charge in [0, 0.05) is 16.7 Å². The lowest BCUT2D eigenvalue weighted by Gasteiger charge is -2.36. The molecule has 0 atom stereocenters. The first-order valence-electron chi connectivity index (χ1n) is 8.84. The second-order valence-electron chi connectivity index (χ2n) is 6.48. The number of hydrogen-bond acceptors (Lipinski definition) is 5. The number of pyridine rings is 1. The minimum absolute atomic E-state index is 0.0109. The predicted octanol–water partition coefficient (Wildman–Crippen LogP) is 4.36. The number of nitrogens with zero attached hydrogens (tertiary/aromatic N) is 3. The average molecular weight is 466 g/mol. The minimum Gasteiger partial charge on any atom is -0.481 e. The molecule has 1 aromatic heterocycles. The molecule has 7 nitrogen and oxygen atoms in total. The molecule has 0 saturated carbocycles. The Morgan fingerprint density at radius 3 is 2.42 bits per heavy atom. The van der Waals surface area contributed by atoms with E-state index in [2.05, 4.69) is 4.98 Å². The van der Waals surface area contributed by atoms with Crippen LogP contribution in [0.2, 0.25) is 5.02 Å². The zero-order valence-corrected chi connectivity index (χ0v) is 17.5. The number of amides is 2. The number of fused-ring (bicyclic) bond motifs is 1. The fourth-order valence-electron chi connectivity index (χ4n) is 3.22.